The van der Waals surface area contributed by atoms with Gasteiger partial charge in [-0.25, -0.2) is 9.67 Å². The molecule has 2 aromatic rings. The molecule has 0 atom stereocenters. The Bertz CT molecular complexity index is 792. The zero-order valence-corrected chi connectivity index (χ0v) is 16.7. The summed E-state index contributed by atoms with van der Waals surface area (Å²) < 4.78 is 1.71. The normalized spacial score (nSPS) is 14.8. The molecule has 1 N–H and O–H groups in total. The van der Waals surface area contributed by atoms with Gasteiger partial charge in [0.2, 0.25) is 5.91 Å². The van der Waals surface area contributed by atoms with Gasteiger partial charge in [-0.2, -0.15) is 5.10 Å². The van der Waals surface area contributed by atoms with Gasteiger partial charge in [-0.3, -0.25) is 9.59 Å². The van der Waals surface area contributed by atoms with Crippen molar-refractivity contribution in [3.8, 4) is 5.82 Å². The highest BCUT2D eigenvalue weighted by Crippen LogP contribution is 2.22. The summed E-state index contributed by atoms with van der Waals surface area (Å²) in [6.07, 6.45) is 8.14. The van der Waals surface area contributed by atoms with Gasteiger partial charge in [0.05, 0.1) is 17.5 Å². The highest BCUT2D eigenvalue weighted by molar-refractivity contribution is 5.95. The molecule has 150 valence electrons. The van der Waals surface area contributed by atoms with Crippen molar-refractivity contribution in [1.82, 2.24) is 25.0 Å². The number of aromatic nitrogens is 3. The Hall–Kier alpha value is -2.70. The first kappa shape index (κ1) is 20.0. The molecule has 0 unspecified atom stereocenters. The molecular formula is C21H29N5O2. The smallest absolute Gasteiger partial charge is 0.254 e. The molecule has 0 aliphatic carbocycles. The fourth-order valence-electron chi connectivity index (χ4n) is 3.61. The Balaban J connectivity index is 1.63. The lowest BCUT2D eigenvalue weighted by molar-refractivity contribution is -0.131. The van der Waals surface area contributed by atoms with Crippen molar-refractivity contribution in [3.63, 3.8) is 0 Å². The van der Waals surface area contributed by atoms with E-state index in [0.29, 0.717) is 24.3 Å². The van der Waals surface area contributed by atoms with E-state index in [0.717, 1.165) is 31.6 Å². The number of likely N-dealkylation sites (tertiary alicyclic amines) is 1. The molecule has 7 heteroatoms. The van der Waals surface area contributed by atoms with Crippen LogP contribution in [0, 0.1) is 0 Å². The van der Waals surface area contributed by atoms with Gasteiger partial charge in [-0.1, -0.05) is 32.8 Å². The molecule has 0 radical (unpaired) electrons. The van der Waals surface area contributed by atoms with Crippen molar-refractivity contribution in [2.45, 2.75) is 51.9 Å². The van der Waals surface area contributed by atoms with Crippen LogP contribution in [-0.4, -0.2) is 51.1 Å². The van der Waals surface area contributed by atoms with Crippen LogP contribution in [0.4, 0.5) is 0 Å². The van der Waals surface area contributed by atoms with E-state index in [1.54, 1.807) is 17.1 Å². The molecule has 1 aliphatic rings. The second kappa shape index (κ2) is 9.48. The van der Waals surface area contributed by atoms with Crippen LogP contribution in [-0.2, 0) is 4.79 Å². The SMILES string of the molecule is CC(C)c1c(C(=O)NCCC(=O)N2CCCCCC2)cnn1-c1ccccn1. The lowest BCUT2D eigenvalue weighted by Crippen LogP contribution is -2.35. The summed E-state index contributed by atoms with van der Waals surface area (Å²) >= 11 is 0. The van der Waals surface area contributed by atoms with E-state index in [2.05, 4.69) is 15.4 Å². The van der Waals surface area contributed by atoms with Gasteiger partial charge in [0, 0.05) is 32.3 Å². The van der Waals surface area contributed by atoms with Crippen molar-refractivity contribution >= 4 is 11.8 Å². The Morgan fingerprint density at radius 3 is 2.54 bits per heavy atom. The number of carbonyl (C=O) groups is 2. The van der Waals surface area contributed by atoms with E-state index in [1.165, 1.54) is 12.8 Å². The molecule has 28 heavy (non-hydrogen) atoms. The predicted octanol–water partition coefficient (Wildman–Crippen LogP) is 2.91. The van der Waals surface area contributed by atoms with Gasteiger partial charge < -0.3 is 10.2 Å². The fourth-order valence-corrected chi connectivity index (χ4v) is 3.61. The van der Waals surface area contributed by atoms with E-state index in [4.69, 9.17) is 0 Å². The van der Waals surface area contributed by atoms with Crippen LogP contribution in [0.15, 0.2) is 30.6 Å². The zero-order valence-electron chi connectivity index (χ0n) is 16.7. The summed E-state index contributed by atoms with van der Waals surface area (Å²) in [4.78, 5) is 31.4. The van der Waals surface area contributed by atoms with Gasteiger partial charge in [-0.05, 0) is 30.9 Å². The molecular weight excluding hydrogens is 354 g/mol. The van der Waals surface area contributed by atoms with Gasteiger partial charge in [0.25, 0.3) is 5.91 Å². The van der Waals surface area contributed by atoms with Crippen LogP contribution in [0.3, 0.4) is 0 Å². The Morgan fingerprint density at radius 2 is 1.89 bits per heavy atom. The van der Waals surface area contributed by atoms with Crippen LogP contribution in [0.1, 0.15) is 67.9 Å². The average molecular weight is 383 g/mol. The minimum absolute atomic E-state index is 0.101. The van der Waals surface area contributed by atoms with E-state index in [1.807, 2.05) is 36.9 Å². The Morgan fingerprint density at radius 1 is 1.14 bits per heavy atom. The number of rotatable bonds is 6. The number of hydrogen-bond acceptors (Lipinski definition) is 4. The minimum atomic E-state index is -0.199. The van der Waals surface area contributed by atoms with Crippen LogP contribution < -0.4 is 5.32 Å². The van der Waals surface area contributed by atoms with Crippen LogP contribution >= 0.6 is 0 Å². The third-order valence-corrected chi connectivity index (χ3v) is 5.05. The summed E-state index contributed by atoms with van der Waals surface area (Å²) in [7, 11) is 0. The number of nitrogens with one attached hydrogen (secondary N) is 1. The van der Waals surface area contributed by atoms with Gasteiger partial charge in [0.15, 0.2) is 5.82 Å². The minimum Gasteiger partial charge on any atom is -0.351 e. The maximum atomic E-state index is 12.7. The van der Waals surface area contributed by atoms with E-state index in [9.17, 15) is 9.59 Å². The summed E-state index contributed by atoms with van der Waals surface area (Å²) in [6, 6.07) is 5.60. The van der Waals surface area contributed by atoms with Crippen LogP contribution in [0.2, 0.25) is 0 Å². The first-order valence-corrected chi connectivity index (χ1v) is 10.1. The lowest BCUT2D eigenvalue weighted by atomic mass is 10.1. The summed E-state index contributed by atoms with van der Waals surface area (Å²) in [5, 5.41) is 7.26. The maximum absolute atomic E-state index is 12.7. The van der Waals surface area contributed by atoms with Crippen LogP contribution in [0.25, 0.3) is 5.82 Å². The van der Waals surface area contributed by atoms with Crippen molar-refractivity contribution in [1.29, 1.82) is 0 Å². The highest BCUT2D eigenvalue weighted by Gasteiger charge is 2.22. The van der Waals surface area contributed by atoms with Crippen LogP contribution in [0.5, 0.6) is 0 Å². The topological polar surface area (TPSA) is 80.1 Å². The Kier molecular flexibility index (Phi) is 6.79. The second-order valence-electron chi connectivity index (χ2n) is 7.50. The van der Waals surface area contributed by atoms with E-state index >= 15 is 0 Å². The number of hydrogen-bond donors (Lipinski definition) is 1. The lowest BCUT2D eigenvalue weighted by Gasteiger charge is -2.20. The molecule has 2 amide bonds. The van der Waals surface area contributed by atoms with Gasteiger partial charge >= 0.3 is 0 Å². The maximum Gasteiger partial charge on any atom is 0.254 e. The summed E-state index contributed by atoms with van der Waals surface area (Å²) in [5.41, 5.74) is 1.35. The number of pyridine rings is 1. The molecule has 2 aromatic heterocycles. The first-order chi connectivity index (χ1) is 13.6. The molecule has 0 aromatic carbocycles. The first-order valence-electron chi connectivity index (χ1n) is 10.1. The number of nitrogens with zero attached hydrogens (tertiary/aromatic N) is 4. The molecule has 7 nitrogen and oxygen atoms in total. The third kappa shape index (κ3) is 4.77. The third-order valence-electron chi connectivity index (χ3n) is 5.05. The fraction of sp³-hybridized carbons (Fsp3) is 0.524. The molecule has 3 rings (SSSR count). The zero-order chi connectivity index (χ0) is 19.9. The van der Waals surface area contributed by atoms with Gasteiger partial charge in [-0.15, -0.1) is 0 Å². The molecule has 0 saturated carbocycles. The van der Waals surface area contributed by atoms with E-state index in [-0.39, 0.29) is 17.7 Å². The van der Waals surface area contributed by atoms with Crippen molar-refractivity contribution in [3.05, 3.63) is 41.9 Å². The monoisotopic (exact) mass is 383 g/mol. The molecule has 0 bridgehead atoms. The van der Waals surface area contributed by atoms with Crippen molar-refractivity contribution in [2.24, 2.45) is 0 Å². The average Bonchev–Trinajstić information content (AvgIpc) is 2.97. The molecule has 3 heterocycles. The number of carbonyl (C=O) groups excluding carboxylic acids is 2. The molecule has 1 fully saturated rings. The van der Waals surface area contributed by atoms with Crippen molar-refractivity contribution in [2.75, 3.05) is 19.6 Å². The van der Waals surface area contributed by atoms with E-state index < -0.39 is 0 Å². The quantitative estimate of drug-likeness (QED) is 0.832. The van der Waals surface area contributed by atoms with Crippen molar-refractivity contribution < 1.29 is 9.59 Å². The standard InChI is InChI=1S/C21H29N5O2/c1-16(2)20-17(15-24-26(20)18-9-5-6-11-22-18)21(28)23-12-10-19(27)25-13-7-3-4-8-14-25/h5-6,9,11,15-16H,3-4,7-8,10,12-14H2,1-2H3,(H,23,28). The number of amides is 2. The molecule has 1 saturated heterocycles. The predicted molar refractivity (Wildman–Crippen MR) is 107 cm³/mol. The summed E-state index contributed by atoms with van der Waals surface area (Å²) in [5.74, 6) is 0.704. The summed E-state index contributed by atoms with van der Waals surface area (Å²) in [6.45, 7) is 6.05. The largest absolute Gasteiger partial charge is 0.351 e. The Labute approximate surface area is 166 Å². The van der Waals surface area contributed by atoms with Gasteiger partial charge in [0.1, 0.15) is 0 Å². The second-order valence-corrected chi connectivity index (χ2v) is 7.50. The molecule has 1 aliphatic heterocycles. The molecule has 0 spiro atoms. The highest BCUT2D eigenvalue weighted by atomic mass is 16.2.